The molecule has 3 aromatic rings. The van der Waals surface area contributed by atoms with Crippen LogP contribution >= 0.6 is 0 Å². The number of amides is 1. The molecule has 2 aliphatic heterocycles. The molecule has 2 aromatic carbocycles. The van der Waals surface area contributed by atoms with Gasteiger partial charge in [-0.25, -0.2) is 9.18 Å². The van der Waals surface area contributed by atoms with Crippen molar-refractivity contribution in [3.63, 3.8) is 0 Å². The van der Waals surface area contributed by atoms with Gasteiger partial charge in [-0.15, -0.1) is 0 Å². The van der Waals surface area contributed by atoms with Crippen LogP contribution in [0.25, 0.3) is 11.8 Å². The van der Waals surface area contributed by atoms with Crippen molar-refractivity contribution in [2.75, 3.05) is 18.4 Å². The second kappa shape index (κ2) is 8.63. The number of halogens is 1. The van der Waals surface area contributed by atoms with Gasteiger partial charge in [0.1, 0.15) is 11.6 Å². The first-order valence-corrected chi connectivity index (χ1v) is 10.5. The summed E-state index contributed by atoms with van der Waals surface area (Å²) in [4.78, 5) is 27.7. The van der Waals surface area contributed by atoms with Gasteiger partial charge < -0.3 is 10.6 Å². The molecule has 0 saturated carbocycles. The Morgan fingerprint density at radius 2 is 1.84 bits per heavy atom. The highest BCUT2D eigenvalue weighted by Gasteiger charge is 2.27. The van der Waals surface area contributed by atoms with E-state index in [0.717, 1.165) is 12.0 Å². The number of benzene rings is 2. The maximum atomic E-state index is 13.8. The Balaban J connectivity index is 0.00000112. The highest BCUT2D eigenvalue weighted by molar-refractivity contribution is 5.97. The highest BCUT2D eigenvalue weighted by Crippen LogP contribution is 2.31. The first-order valence-electron chi connectivity index (χ1n) is 10.5. The molecule has 3 N–H and O–H groups in total. The van der Waals surface area contributed by atoms with Crippen molar-refractivity contribution in [2.24, 2.45) is 0 Å². The highest BCUT2D eigenvalue weighted by atomic mass is 19.1. The zero-order chi connectivity index (χ0) is 22.0. The van der Waals surface area contributed by atoms with Crippen LogP contribution < -0.4 is 16.3 Å². The van der Waals surface area contributed by atoms with Gasteiger partial charge in [0.2, 0.25) is 0 Å². The van der Waals surface area contributed by atoms with Crippen molar-refractivity contribution in [1.82, 2.24) is 14.9 Å². The maximum Gasteiger partial charge on any atom is 0.332 e. The summed E-state index contributed by atoms with van der Waals surface area (Å²) in [5.41, 5.74) is 3.37. The summed E-state index contributed by atoms with van der Waals surface area (Å²) in [5, 5.41) is 5.82. The SMILES string of the molecule is CC.O=C1NCC(Cc2ccccc2)c2cc(-n3c4c([nH]c3=O)NCC(F)=C4)ccc21. The van der Waals surface area contributed by atoms with Gasteiger partial charge >= 0.3 is 5.69 Å². The fraction of sp³-hybridized carbons (Fsp3) is 0.250. The molecule has 5 rings (SSSR count). The first kappa shape index (κ1) is 20.7. The molecular formula is C24H25FN4O2. The van der Waals surface area contributed by atoms with Crippen LogP contribution in [0.1, 0.15) is 46.9 Å². The van der Waals surface area contributed by atoms with E-state index in [-0.39, 0.29) is 29.9 Å². The van der Waals surface area contributed by atoms with Gasteiger partial charge in [0.05, 0.1) is 17.9 Å². The monoisotopic (exact) mass is 420 g/mol. The second-order valence-electron chi connectivity index (χ2n) is 7.34. The summed E-state index contributed by atoms with van der Waals surface area (Å²) < 4.78 is 15.3. The number of aromatic amines is 1. The van der Waals surface area contributed by atoms with E-state index in [1.807, 2.05) is 38.1 Å². The molecular weight excluding hydrogens is 395 g/mol. The molecule has 1 unspecified atom stereocenters. The average molecular weight is 420 g/mol. The Morgan fingerprint density at radius 3 is 2.61 bits per heavy atom. The number of carbonyl (C=O) groups is 1. The summed E-state index contributed by atoms with van der Waals surface area (Å²) in [6.07, 6.45) is 2.13. The number of imidazole rings is 1. The molecule has 0 fully saturated rings. The van der Waals surface area contributed by atoms with Crippen molar-refractivity contribution in [1.29, 1.82) is 0 Å². The number of rotatable bonds is 3. The van der Waals surface area contributed by atoms with Crippen LogP contribution in [0.2, 0.25) is 0 Å². The normalized spacial score (nSPS) is 16.7. The van der Waals surface area contributed by atoms with E-state index >= 15 is 0 Å². The van der Waals surface area contributed by atoms with Crippen molar-refractivity contribution < 1.29 is 9.18 Å². The van der Waals surface area contributed by atoms with E-state index in [2.05, 4.69) is 27.8 Å². The number of fused-ring (bicyclic) bond motifs is 2. The van der Waals surface area contributed by atoms with Crippen LogP contribution in [-0.2, 0) is 6.42 Å². The number of carbonyl (C=O) groups excluding carboxylic acids is 1. The van der Waals surface area contributed by atoms with Gasteiger partial charge in [0, 0.05) is 18.0 Å². The summed E-state index contributed by atoms with van der Waals surface area (Å²) >= 11 is 0. The van der Waals surface area contributed by atoms with E-state index in [0.29, 0.717) is 29.3 Å². The standard InChI is InChI=1S/C22H19FN4O2.C2H6/c23-15-9-19-20(24-12-15)26-22(29)27(19)16-6-7-17-18(10-16)14(11-25-21(17)28)8-13-4-2-1-3-5-13;1-2/h1-7,9-10,14,24H,8,11-12H2,(H,25,28)(H,26,29);1-2H3. The lowest BCUT2D eigenvalue weighted by Gasteiger charge is -2.26. The number of hydrogen-bond donors (Lipinski definition) is 3. The molecule has 7 heteroatoms. The Kier molecular flexibility index (Phi) is 5.75. The Hall–Kier alpha value is -3.61. The number of H-pyrrole nitrogens is 1. The van der Waals surface area contributed by atoms with Gasteiger partial charge in [0.25, 0.3) is 5.91 Å². The largest absolute Gasteiger partial charge is 0.363 e. The third-order valence-electron chi connectivity index (χ3n) is 5.47. The zero-order valence-electron chi connectivity index (χ0n) is 17.5. The van der Waals surface area contributed by atoms with E-state index in [1.54, 1.807) is 12.1 Å². The average Bonchev–Trinajstić information content (AvgIpc) is 3.12. The van der Waals surface area contributed by atoms with Crippen molar-refractivity contribution in [2.45, 2.75) is 26.2 Å². The molecule has 1 atom stereocenters. The number of nitrogens with zero attached hydrogens (tertiary/aromatic N) is 1. The molecule has 0 aliphatic carbocycles. The molecule has 3 heterocycles. The van der Waals surface area contributed by atoms with Gasteiger partial charge in [-0.2, -0.15) is 0 Å². The van der Waals surface area contributed by atoms with Crippen LogP contribution in [0.3, 0.4) is 0 Å². The number of anilines is 1. The summed E-state index contributed by atoms with van der Waals surface area (Å²) in [6, 6.07) is 15.4. The molecule has 2 aliphatic rings. The number of hydrogen-bond acceptors (Lipinski definition) is 3. The van der Waals surface area contributed by atoms with Crippen LogP contribution in [0, 0.1) is 0 Å². The minimum absolute atomic E-state index is 0.0520. The lowest BCUT2D eigenvalue weighted by Crippen LogP contribution is -2.36. The molecule has 160 valence electrons. The van der Waals surface area contributed by atoms with E-state index in [9.17, 15) is 14.0 Å². The van der Waals surface area contributed by atoms with Gasteiger partial charge in [0.15, 0.2) is 0 Å². The molecule has 0 spiro atoms. The number of aromatic nitrogens is 2. The van der Waals surface area contributed by atoms with Crippen molar-refractivity contribution in [3.8, 4) is 5.69 Å². The van der Waals surface area contributed by atoms with Crippen LogP contribution in [0.4, 0.5) is 10.2 Å². The Morgan fingerprint density at radius 1 is 1.06 bits per heavy atom. The predicted octanol–water partition coefficient (Wildman–Crippen LogP) is 4.00. The van der Waals surface area contributed by atoms with Gasteiger partial charge in [-0.1, -0.05) is 44.2 Å². The van der Waals surface area contributed by atoms with Crippen molar-refractivity contribution >= 4 is 17.8 Å². The summed E-state index contributed by atoms with van der Waals surface area (Å²) in [7, 11) is 0. The van der Waals surface area contributed by atoms with E-state index in [4.69, 9.17) is 0 Å². The summed E-state index contributed by atoms with van der Waals surface area (Å²) in [5.74, 6) is 0.116. The fourth-order valence-corrected chi connectivity index (χ4v) is 4.08. The first-order chi connectivity index (χ1) is 15.1. The Bertz CT molecular complexity index is 1190. The number of nitrogens with one attached hydrogen (secondary N) is 3. The third kappa shape index (κ3) is 3.91. The van der Waals surface area contributed by atoms with Crippen LogP contribution in [-0.4, -0.2) is 28.5 Å². The van der Waals surface area contributed by atoms with Crippen LogP contribution in [0.5, 0.6) is 0 Å². The molecule has 0 radical (unpaired) electrons. The summed E-state index contributed by atoms with van der Waals surface area (Å²) in [6.45, 7) is 4.58. The quantitative estimate of drug-likeness (QED) is 0.599. The third-order valence-corrected chi connectivity index (χ3v) is 5.47. The van der Waals surface area contributed by atoms with Crippen LogP contribution in [0.15, 0.2) is 59.2 Å². The lowest BCUT2D eigenvalue weighted by atomic mass is 9.85. The lowest BCUT2D eigenvalue weighted by molar-refractivity contribution is 0.0940. The molecule has 0 saturated heterocycles. The minimum Gasteiger partial charge on any atom is -0.363 e. The maximum absolute atomic E-state index is 13.8. The molecule has 0 bridgehead atoms. The smallest absolute Gasteiger partial charge is 0.332 e. The van der Waals surface area contributed by atoms with Gasteiger partial charge in [-0.05, 0) is 41.8 Å². The molecule has 1 aromatic heterocycles. The molecule has 6 nitrogen and oxygen atoms in total. The topological polar surface area (TPSA) is 78.9 Å². The fourth-order valence-electron chi connectivity index (χ4n) is 4.08. The molecule has 31 heavy (non-hydrogen) atoms. The van der Waals surface area contributed by atoms with Crippen molar-refractivity contribution in [3.05, 3.63) is 87.2 Å². The molecule has 1 amide bonds. The minimum atomic E-state index is -0.353. The second-order valence-corrected chi connectivity index (χ2v) is 7.34. The van der Waals surface area contributed by atoms with Gasteiger partial charge in [-0.3, -0.25) is 14.3 Å². The van der Waals surface area contributed by atoms with E-state index in [1.165, 1.54) is 16.2 Å². The predicted molar refractivity (Wildman–Crippen MR) is 121 cm³/mol. The Labute approximate surface area is 179 Å². The van der Waals surface area contributed by atoms with E-state index < -0.39 is 0 Å². The zero-order valence-corrected chi connectivity index (χ0v) is 17.5.